The van der Waals surface area contributed by atoms with Crippen LogP contribution in [0.25, 0.3) is 0 Å². The Kier molecular flexibility index (Phi) is 9.27. The minimum Gasteiger partial charge on any atom is -0.497 e. The van der Waals surface area contributed by atoms with Crippen molar-refractivity contribution < 1.29 is 28.5 Å². The molecule has 10 heteroatoms. The molecule has 0 radical (unpaired) electrons. The summed E-state index contributed by atoms with van der Waals surface area (Å²) in [7, 11) is 2.98. The average Bonchev–Trinajstić information content (AvgIpc) is 2.76. The molecule has 0 heterocycles. The van der Waals surface area contributed by atoms with Gasteiger partial charge >= 0.3 is 0 Å². The van der Waals surface area contributed by atoms with Crippen LogP contribution >= 0.6 is 11.6 Å². The molecule has 32 heavy (non-hydrogen) atoms. The van der Waals surface area contributed by atoms with Crippen molar-refractivity contribution >= 4 is 34.7 Å². The third-order valence-corrected chi connectivity index (χ3v) is 4.49. The average molecular weight is 464 g/mol. The second-order valence-corrected chi connectivity index (χ2v) is 6.81. The molecular formula is C22H26ClN3O6. The molecule has 0 aliphatic rings. The Morgan fingerprint density at radius 1 is 1.00 bits per heavy atom. The molecule has 1 N–H and O–H groups in total. The molecule has 0 bridgehead atoms. The molecule has 0 aliphatic carbocycles. The minimum atomic E-state index is -1.41. The number of nitrogens with one attached hydrogen (secondary N) is 1. The number of ketones is 1. The third kappa shape index (κ3) is 6.34. The Balaban J connectivity index is 2.34. The van der Waals surface area contributed by atoms with Gasteiger partial charge in [-0.1, -0.05) is 11.6 Å². The number of rotatable bonds is 11. The number of hydrogen-bond donors (Lipinski definition) is 1. The first-order chi connectivity index (χ1) is 15.3. The molecule has 0 spiro atoms. The van der Waals surface area contributed by atoms with Gasteiger partial charge in [0.1, 0.15) is 34.4 Å². The largest absolute Gasteiger partial charge is 0.497 e. The van der Waals surface area contributed by atoms with E-state index in [-0.39, 0.29) is 10.7 Å². The van der Waals surface area contributed by atoms with Crippen molar-refractivity contribution in [1.82, 2.24) is 0 Å². The number of carbonyl (C=O) groups is 2. The number of benzene rings is 2. The van der Waals surface area contributed by atoms with Gasteiger partial charge in [-0.05, 0) is 32.9 Å². The summed E-state index contributed by atoms with van der Waals surface area (Å²) in [5.74, 6) is 0.511. The number of carbonyl (C=O) groups excluding carboxylic acids is 2. The van der Waals surface area contributed by atoms with E-state index in [0.717, 1.165) is 0 Å². The number of anilines is 1. The van der Waals surface area contributed by atoms with E-state index in [4.69, 9.17) is 30.5 Å². The fraction of sp³-hybridized carbons (Fsp3) is 0.364. The molecule has 0 fully saturated rings. The third-order valence-electron chi connectivity index (χ3n) is 4.19. The lowest BCUT2D eigenvalue weighted by Crippen LogP contribution is -2.32. The van der Waals surface area contributed by atoms with E-state index in [2.05, 4.69) is 15.5 Å². The molecule has 0 aromatic heterocycles. The first kappa shape index (κ1) is 24.9. The SMILES string of the molecule is CCOc1cc(Cl)c(NC(=O)C(N=Nc2cc(OC)ccc2OC)C(C)=O)c(OCC)c1. The maximum atomic E-state index is 12.9. The van der Waals surface area contributed by atoms with Crippen LogP contribution < -0.4 is 24.3 Å². The fourth-order valence-electron chi connectivity index (χ4n) is 2.70. The lowest BCUT2D eigenvalue weighted by molar-refractivity contribution is -0.126. The number of amides is 1. The van der Waals surface area contributed by atoms with Crippen molar-refractivity contribution in [2.75, 3.05) is 32.8 Å². The van der Waals surface area contributed by atoms with E-state index in [0.29, 0.717) is 41.9 Å². The number of halogens is 1. The number of azo groups is 1. The zero-order chi connectivity index (χ0) is 23.7. The van der Waals surface area contributed by atoms with E-state index in [9.17, 15) is 9.59 Å². The van der Waals surface area contributed by atoms with Crippen LogP contribution in [0.3, 0.4) is 0 Å². The highest BCUT2D eigenvalue weighted by atomic mass is 35.5. The summed E-state index contributed by atoms with van der Waals surface area (Å²) in [5, 5.41) is 10.8. The predicted octanol–water partition coefficient (Wildman–Crippen LogP) is 4.83. The first-order valence-electron chi connectivity index (χ1n) is 9.87. The number of nitrogens with zero attached hydrogens (tertiary/aromatic N) is 2. The number of Topliss-reactive ketones (excluding diaryl/α,β-unsaturated/α-hetero) is 1. The Hall–Kier alpha value is -3.33. The van der Waals surface area contributed by atoms with Crippen LogP contribution in [-0.4, -0.2) is 45.2 Å². The van der Waals surface area contributed by atoms with Crippen molar-refractivity contribution in [1.29, 1.82) is 0 Å². The molecule has 2 rings (SSSR count). The Morgan fingerprint density at radius 2 is 1.72 bits per heavy atom. The van der Waals surface area contributed by atoms with Crippen LogP contribution in [0.2, 0.25) is 5.02 Å². The van der Waals surface area contributed by atoms with E-state index in [1.54, 1.807) is 37.3 Å². The number of methoxy groups -OCH3 is 2. The van der Waals surface area contributed by atoms with E-state index in [1.165, 1.54) is 21.1 Å². The van der Waals surface area contributed by atoms with Gasteiger partial charge in [-0.3, -0.25) is 9.59 Å². The van der Waals surface area contributed by atoms with Gasteiger partial charge < -0.3 is 24.3 Å². The quantitative estimate of drug-likeness (QED) is 0.377. The molecule has 1 amide bonds. The normalized spacial score (nSPS) is 11.7. The summed E-state index contributed by atoms with van der Waals surface area (Å²) in [6.45, 7) is 5.65. The maximum absolute atomic E-state index is 12.9. The van der Waals surface area contributed by atoms with Crippen LogP contribution in [0.4, 0.5) is 11.4 Å². The molecule has 9 nitrogen and oxygen atoms in total. The first-order valence-corrected chi connectivity index (χ1v) is 10.3. The minimum absolute atomic E-state index is 0.196. The van der Waals surface area contributed by atoms with Crippen LogP contribution in [0.1, 0.15) is 20.8 Å². The predicted molar refractivity (Wildman–Crippen MR) is 121 cm³/mol. The monoisotopic (exact) mass is 463 g/mol. The lowest BCUT2D eigenvalue weighted by atomic mass is 10.2. The van der Waals surface area contributed by atoms with Crippen molar-refractivity contribution in [3.8, 4) is 23.0 Å². The Bertz CT molecular complexity index is 996. The molecule has 1 unspecified atom stereocenters. The highest BCUT2D eigenvalue weighted by molar-refractivity contribution is 6.34. The summed E-state index contributed by atoms with van der Waals surface area (Å²) in [4.78, 5) is 25.0. The molecule has 172 valence electrons. The van der Waals surface area contributed by atoms with Gasteiger partial charge in [0.05, 0.1) is 32.5 Å². The molecule has 2 aromatic rings. The van der Waals surface area contributed by atoms with E-state index < -0.39 is 17.7 Å². The van der Waals surface area contributed by atoms with Gasteiger partial charge in [-0.15, -0.1) is 0 Å². The number of hydrogen-bond acceptors (Lipinski definition) is 8. The lowest BCUT2D eigenvalue weighted by Gasteiger charge is -2.16. The molecule has 1 atom stereocenters. The summed E-state index contributed by atoms with van der Waals surface area (Å²) >= 11 is 6.34. The highest BCUT2D eigenvalue weighted by Crippen LogP contribution is 2.37. The van der Waals surface area contributed by atoms with Gasteiger partial charge in [0.15, 0.2) is 5.78 Å². The Labute approximate surface area is 191 Å². The standard InChI is InChI=1S/C22H26ClN3O6/c1-6-31-15-10-16(23)21(19(12-15)32-7-2)24-22(28)20(13(3)27)26-25-17-11-14(29-4)8-9-18(17)30-5/h8-12,20H,6-7H2,1-5H3,(H,24,28). The Morgan fingerprint density at radius 3 is 2.31 bits per heavy atom. The van der Waals surface area contributed by atoms with Gasteiger partial charge in [-0.2, -0.15) is 10.2 Å². The zero-order valence-electron chi connectivity index (χ0n) is 18.6. The summed E-state index contributed by atoms with van der Waals surface area (Å²) < 4.78 is 21.5. The topological polar surface area (TPSA) is 108 Å². The van der Waals surface area contributed by atoms with Crippen molar-refractivity contribution in [3.05, 3.63) is 35.4 Å². The van der Waals surface area contributed by atoms with Crippen molar-refractivity contribution in [2.24, 2.45) is 10.2 Å². The summed E-state index contributed by atoms with van der Waals surface area (Å²) in [6.07, 6.45) is 0. The second-order valence-electron chi connectivity index (χ2n) is 6.40. The van der Waals surface area contributed by atoms with Crippen LogP contribution in [-0.2, 0) is 9.59 Å². The van der Waals surface area contributed by atoms with Gasteiger partial charge in [0, 0.05) is 18.2 Å². The van der Waals surface area contributed by atoms with Gasteiger partial charge in [0.2, 0.25) is 6.04 Å². The molecule has 0 aliphatic heterocycles. The van der Waals surface area contributed by atoms with Crippen LogP contribution in [0.15, 0.2) is 40.6 Å². The summed E-state index contributed by atoms with van der Waals surface area (Å²) in [6, 6.07) is 6.66. The van der Waals surface area contributed by atoms with E-state index in [1.807, 2.05) is 6.92 Å². The smallest absolute Gasteiger partial charge is 0.258 e. The van der Waals surface area contributed by atoms with Crippen molar-refractivity contribution in [3.63, 3.8) is 0 Å². The van der Waals surface area contributed by atoms with Crippen LogP contribution in [0, 0.1) is 0 Å². The van der Waals surface area contributed by atoms with Crippen molar-refractivity contribution in [2.45, 2.75) is 26.8 Å². The molecule has 0 saturated heterocycles. The van der Waals surface area contributed by atoms with Gasteiger partial charge in [-0.25, -0.2) is 0 Å². The maximum Gasteiger partial charge on any atom is 0.258 e. The fourth-order valence-corrected chi connectivity index (χ4v) is 2.95. The summed E-state index contributed by atoms with van der Waals surface area (Å²) in [5.41, 5.74) is 0.516. The van der Waals surface area contributed by atoms with Gasteiger partial charge in [0.25, 0.3) is 5.91 Å². The highest BCUT2D eigenvalue weighted by Gasteiger charge is 2.26. The molecule has 0 saturated carbocycles. The zero-order valence-corrected chi connectivity index (χ0v) is 19.4. The molecule has 2 aromatic carbocycles. The number of ether oxygens (including phenoxy) is 4. The second kappa shape index (κ2) is 11.9. The van der Waals surface area contributed by atoms with Crippen LogP contribution in [0.5, 0.6) is 23.0 Å². The molecular weight excluding hydrogens is 438 g/mol. The van der Waals surface area contributed by atoms with E-state index >= 15 is 0 Å².